The van der Waals surface area contributed by atoms with Gasteiger partial charge in [0.05, 0.1) is 6.04 Å². The molecule has 0 aromatic heterocycles. The van der Waals surface area contributed by atoms with Crippen molar-refractivity contribution in [2.45, 2.75) is 40.2 Å². The van der Waals surface area contributed by atoms with Gasteiger partial charge in [-0.3, -0.25) is 4.79 Å². The van der Waals surface area contributed by atoms with Crippen molar-refractivity contribution >= 4 is 17.5 Å². The largest absolute Gasteiger partial charge is 0.350 e. The Morgan fingerprint density at radius 2 is 2.06 bits per heavy atom. The molecule has 1 rings (SSSR count). The fourth-order valence-electron chi connectivity index (χ4n) is 1.63. The molecule has 17 heavy (non-hydrogen) atoms. The SMILES string of the molecule is CC(NC(=O)CC(C)(C)C)c1cccc(Cl)c1. The smallest absolute Gasteiger partial charge is 0.220 e. The van der Waals surface area contributed by atoms with Crippen molar-refractivity contribution in [2.24, 2.45) is 5.41 Å². The lowest BCUT2D eigenvalue weighted by Crippen LogP contribution is -2.29. The minimum absolute atomic E-state index is 0.0106. The molecule has 0 bridgehead atoms. The van der Waals surface area contributed by atoms with E-state index in [-0.39, 0.29) is 17.4 Å². The van der Waals surface area contributed by atoms with E-state index in [4.69, 9.17) is 11.6 Å². The van der Waals surface area contributed by atoms with E-state index in [9.17, 15) is 4.79 Å². The first-order chi connectivity index (χ1) is 7.78. The average Bonchev–Trinajstić information content (AvgIpc) is 2.14. The molecule has 0 radical (unpaired) electrons. The first-order valence-electron chi connectivity index (χ1n) is 5.83. The van der Waals surface area contributed by atoms with Gasteiger partial charge in [-0.2, -0.15) is 0 Å². The van der Waals surface area contributed by atoms with Gasteiger partial charge in [0.15, 0.2) is 0 Å². The van der Waals surface area contributed by atoms with E-state index in [1.54, 1.807) is 0 Å². The highest BCUT2D eigenvalue weighted by atomic mass is 35.5. The van der Waals surface area contributed by atoms with Crippen LogP contribution < -0.4 is 5.32 Å². The summed E-state index contributed by atoms with van der Waals surface area (Å²) in [5, 5.41) is 3.68. The average molecular weight is 254 g/mol. The van der Waals surface area contributed by atoms with Crippen molar-refractivity contribution in [2.75, 3.05) is 0 Å². The number of nitrogens with one attached hydrogen (secondary N) is 1. The molecule has 1 aromatic carbocycles. The van der Waals surface area contributed by atoms with Crippen molar-refractivity contribution in [1.29, 1.82) is 0 Å². The number of rotatable bonds is 3. The minimum Gasteiger partial charge on any atom is -0.350 e. The predicted molar refractivity (Wildman–Crippen MR) is 72.1 cm³/mol. The second-order valence-electron chi connectivity index (χ2n) is 5.58. The second-order valence-corrected chi connectivity index (χ2v) is 6.02. The lowest BCUT2D eigenvalue weighted by atomic mass is 9.91. The van der Waals surface area contributed by atoms with Gasteiger partial charge < -0.3 is 5.32 Å². The molecule has 1 N–H and O–H groups in total. The molecule has 0 spiro atoms. The summed E-state index contributed by atoms with van der Waals surface area (Å²) in [5.74, 6) is 0.0741. The second kappa shape index (κ2) is 5.54. The monoisotopic (exact) mass is 253 g/mol. The van der Waals surface area contributed by atoms with Crippen molar-refractivity contribution < 1.29 is 4.79 Å². The minimum atomic E-state index is -0.0106. The Kier molecular flexibility index (Phi) is 4.58. The fourth-order valence-corrected chi connectivity index (χ4v) is 1.83. The quantitative estimate of drug-likeness (QED) is 0.868. The summed E-state index contributed by atoms with van der Waals surface area (Å²) < 4.78 is 0. The van der Waals surface area contributed by atoms with Crippen LogP contribution in [0.4, 0.5) is 0 Å². The van der Waals surface area contributed by atoms with Crippen molar-refractivity contribution in [3.8, 4) is 0 Å². The first-order valence-corrected chi connectivity index (χ1v) is 6.20. The number of benzene rings is 1. The van der Waals surface area contributed by atoms with Crippen LogP contribution in [-0.2, 0) is 4.79 Å². The molecular formula is C14H20ClNO. The number of amides is 1. The Bertz CT molecular complexity index is 395. The molecule has 0 fully saturated rings. The number of hydrogen-bond donors (Lipinski definition) is 1. The molecule has 3 heteroatoms. The fraction of sp³-hybridized carbons (Fsp3) is 0.500. The van der Waals surface area contributed by atoms with Crippen LogP contribution in [0.3, 0.4) is 0 Å². The summed E-state index contributed by atoms with van der Waals surface area (Å²) in [5.41, 5.74) is 1.04. The summed E-state index contributed by atoms with van der Waals surface area (Å²) >= 11 is 5.92. The summed E-state index contributed by atoms with van der Waals surface area (Å²) in [4.78, 5) is 11.8. The van der Waals surface area contributed by atoms with Gasteiger partial charge in [0, 0.05) is 11.4 Å². The third-order valence-corrected chi connectivity index (χ3v) is 2.65. The Morgan fingerprint density at radius 1 is 1.41 bits per heavy atom. The van der Waals surface area contributed by atoms with Gasteiger partial charge in [-0.15, -0.1) is 0 Å². The van der Waals surface area contributed by atoms with E-state index in [1.165, 1.54) is 0 Å². The van der Waals surface area contributed by atoms with Gasteiger partial charge >= 0.3 is 0 Å². The number of hydrogen-bond acceptors (Lipinski definition) is 1. The van der Waals surface area contributed by atoms with Crippen molar-refractivity contribution in [3.63, 3.8) is 0 Å². The maximum Gasteiger partial charge on any atom is 0.220 e. The standard InChI is InChI=1S/C14H20ClNO/c1-10(11-6-5-7-12(15)8-11)16-13(17)9-14(2,3)4/h5-8,10H,9H2,1-4H3,(H,16,17). The summed E-state index contributed by atoms with van der Waals surface area (Å²) in [7, 11) is 0. The number of halogens is 1. The first kappa shape index (κ1) is 14.0. The van der Waals surface area contributed by atoms with Crippen LogP contribution in [0.25, 0.3) is 0 Å². The van der Waals surface area contributed by atoms with Crippen LogP contribution in [-0.4, -0.2) is 5.91 Å². The van der Waals surface area contributed by atoms with Gasteiger partial charge in [-0.05, 0) is 30.0 Å². The molecule has 2 nitrogen and oxygen atoms in total. The zero-order valence-corrected chi connectivity index (χ0v) is 11.6. The van der Waals surface area contributed by atoms with Crippen LogP contribution in [0.15, 0.2) is 24.3 Å². The van der Waals surface area contributed by atoms with Crippen LogP contribution >= 0.6 is 11.6 Å². The molecule has 0 saturated carbocycles. The lowest BCUT2D eigenvalue weighted by Gasteiger charge is -2.20. The van der Waals surface area contributed by atoms with Gasteiger partial charge in [0.1, 0.15) is 0 Å². The van der Waals surface area contributed by atoms with Gasteiger partial charge in [0.25, 0.3) is 0 Å². The van der Waals surface area contributed by atoms with Crippen LogP contribution in [0.5, 0.6) is 0 Å². The van der Waals surface area contributed by atoms with E-state index in [0.717, 1.165) is 5.56 Å². The Labute approximate surface area is 108 Å². The van der Waals surface area contributed by atoms with Gasteiger partial charge in [-0.1, -0.05) is 44.5 Å². The molecule has 0 aliphatic heterocycles. The maximum absolute atomic E-state index is 11.8. The highest BCUT2D eigenvalue weighted by Gasteiger charge is 2.17. The van der Waals surface area contributed by atoms with Crippen LogP contribution in [0, 0.1) is 5.41 Å². The zero-order valence-electron chi connectivity index (χ0n) is 10.9. The topological polar surface area (TPSA) is 29.1 Å². The van der Waals surface area contributed by atoms with Crippen molar-refractivity contribution in [1.82, 2.24) is 5.32 Å². The van der Waals surface area contributed by atoms with E-state index in [0.29, 0.717) is 11.4 Å². The number of carbonyl (C=O) groups excluding carboxylic acids is 1. The summed E-state index contributed by atoms with van der Waals surface area (Å²) in [6, 6.07) is 7.56. The molecule has 1 amide bonds. The van der Waals surface area contributed by atoms with Crippen LogP contribution in [0.1, 0.15) is 45.7 Å². The molecule has 1 atom stereocenters. The molecule has 0 heterocycles. The molecule has 1 aromatic rings. The number of carbonyl (C=O) groups is 1. The predicted octanol–water partition coefficient (Wildman–Crippen LogP) is 3.95. The van der Waals surface area contributed by atoms with E-state index >= 15 is 0 Å². The molecule has 1 unspecified atom stereocenters. The lowest BCUT2D eigenvalue weighted by molar-refractivity contribution is -0.123. The summed E-state index contributed by atoms with van der Waals surface area (Å²) in [6.07, 6.45) is 0.526. The molecular weight excluding hydrogens is 234 g/mol. The normalized spacial score (nSPS) is 13.2. The summed E-state index contributed by atoms with van der Waals surface area (Å²) in [6.45, 7) is 8.12. The van der Waals surface area contributed by atoms with Gasteiger partial charge in [-0.25, -0.2) is 0 Å². The third-order valence-electron chi connectivity index (χ3n) is 2.42. The molecule has 94 valence electrons. The highest BCUT2D eigenvalue weighted by molar-refractivity contribution is 6.30. The Balaban J connectivity index is 2.61. The third kappa shape index (κ3) is 5.22. The highest BCUT2D eigenvalue weighted by Crippen LogP contribution is 2.20. The van der Waals surface area contributed by atoms with E-state index in [2.05, 4.69) is 26.1 Å². The molecule has 0 saturated heterocycles. The van der Waals surface area contributed by atoms with Crippen molar-refractivity contribution in [3.05, 3.63) is 34.9 Å². The van der Waals surface area contributed by atoms with Crippen LogP contribution in [0.2, 0.25) is 5.02 Å². The zero-order chi connectivity index (χ0) is 13.1. The Hall–Kier alpha value is -1.02. The Morgan fingerprint density at radius 3 is 2.59 bits per heavy atom. The van der Waals surface area contributed by atoms with Gasteiger partial charge in [0.2, 0.25) is 5.91 Å². The maximum atomic E-state index is 11.8. The molecule has 0 aliphatic carbocycles. The molecule has 0 aliphatic rings. The van der Waals surface area contributed by atoms with E-state index in [1.807, 2.05) is 31.2 Å². The van der Waals surface area contributed by atoms with E-state index < -0.39 is 0 Å².